The van der Waals surface area contributed by atoms with E-state index in [-0.39, 0.29) is 16.2 Å². The molecule has 0 aromatic carbocycles. The molecule has 1 aromatic heterocycles. The molecule has 0 amide bonds. The Morgan fingerprint density at radius 1 is 1.46 bits per heavy atom. The molecular weight excluding hydrogens is 331 g/mol. The van der Waals surface area contributed by atoms with Crippen LogP contribution in [0.3, 0.4) is 0 Å². The Labute approximate surface area is 146 Å². The van der Waals surface area contributed by atoms with E-state index < -0.39 is 11.4 Å². The van der Waals surface area contributed by atoms with Crippen molar-refractivity contribution < 1.29 is 13.9 Å². The van der Waals surface area contributed by atoms with E-state index >= 15 is 0 Å². The molecule has 1 fully saturated rings. The Hall–Kier alpha value is -1.50. The number of aromatic nitrogens is 2. The molecule has 2 rings (SSSR count). The minimum Gasteiger partial charge on any atom is -0.465 e. The topological polar surface area (TPSA) is 64.1 Å². The number of hydrogen-bond donors (Lipinski definition) is 1. The summed E-state index contributed by atoms with van der Waals surface area (Å²) >= 11 is 4.99. The highest BCUT2D eigenvalue weighted by atomic mass is 32.1. The first-order valence-electron chi connectivity index (χ1n) is 8.51. The second-order valence-corrected chi connectivity index (χ2v) is 7.19. The lowest BCUT2D eigenvalue weighted by molar-refractivity contribution is -0.165. The highest BCUT2D eigenvalue weighted by Crippen LogP contribution is 2.46. The van der Waals surface area contributed by atoms with E-state index in [9.17, 15) is 14.0 Å². The summed E-state index contributed by atoms with van der Waals surface area (Å²) in [6.07, 6.45) is 6.26. The van der Waals surface area contributed by atoms with Gasteiger partial charge in [-0.05, 0) is 57.2 Å². The van der Waals surface area contributed by atoms with Gasteiger partial charge in [0.1, 0.15) is 0 Å². The molecule has 0 radical (unpaired) electrons. The quantitative estimate of drug-likeness (QED) is 0.439. The third kappa shape index (κ3) is 4.12. The van der Waals surface area contributed by atoms with Crippen molar-refractivity contribution in [2.75, 3.05) is 6.61 Å². The molecule has 1 N–H and O–H groups in total. The van der Waals surface area contributed by atoms with Crippen molar-refractivity contribution >= 4 is 18.2 Å². The van der Waals surface area contributed by atoms with Crippen LogP contribution < -0.4 is 5.56 Å². The van der Waals surface area contributed by atoms with Gasteiger partial charge in [0, 0.05) is 12.7 Å². The molecular formula is C17H25FN2O3S. The third-order valence-corrected chi connectivity index (χ3v) is 5.52. The molecule has 1 aliphatic carbocycles. The van der Waals surface area contributed by atoms with Gasteiger partial charge in [0.15, 0.2) is 4.77 Å². The van der Waals surface area contributed by atoms with E-state index in [4.69, 9.17) is 17.0 Å². The minimum absolute atomic E-state index is 0.0844. The van der Waals surface area contributed by atoms with Gasteiger partial charge in [-0.3, -0.25) is 14.2 Å². The van der Waals surface area contributed by atoms with Crippen molar-refractivity contribution in [3.05, 3.63) is 27.1 Å². The predicted molar refractivity (Wildman–Crippen MR) is 91.8 cm³/mol. The molecule has 134 valence electrons. The molecule has 2 unspecified atom stereocenters. The molecule has 0 bridgehead atoms. The van der Waals surface area contributed by atoms with Crippen LogP contribution in [-0.2, 0) is 16.1 Å². The Balaban J connectivity index is 1.63. The summed E-state index contributed by atoms with van der Waals surface area (Å²) < 4.78 is 20.1. The second kappa shape index (κ2) is 8.05. The third-order valence-electron chi connectivity index (χ3n) is 5.18. The molecule has 1 aliphatic rings. The van der Waals surface area contributed by atoms with Gasteiger partial charge in [0.25, 0.3) is 5.56 Å². The first-order chi connectivity index (χ1) is 11.4. The Morgan fingerprint density at radius 2 is 2.17 bits per heavy atom. The van der Waals surface area contributed by atoms with Gasteiger partial charge in [0.05, 0.1) is 12.0 Å². The molecule has 24 heavy (non-hydrogen) atoms. The van der Waals surface area contributed by atoms with Gasteiger partial charge in [0.2, 0.25) is 5.82 Å². The maximum Gasteiger partial charge on any atom is 0.312 e. The smallest absolute Gasteiger partial charge is 0.312 e. The molecule has 1 saturated carbocycles. The Kier molecular flexibility index (Phi) is 6.32. The van der Waals surface area contributed by atoms with Crippen molar-refractivity contribution in [2.45, 2.75) is 58.9 Å². The predicted octanol–water partition coefficient (Wildman–Crippen LogP) is 3.58. The Morgan fingerprint density at radius 3 is 2.79 bits per heavy atom. The molecule has 1 aromatic rings. The van der Waals surface area contributed by atoms with Crippen molar-refractivity contribution in [3.8, 4) is 0 Å². The number of nitrogens with zero attached hydrogens (tertiary/aromatic N) is 1. The fraction of sp³-hybridized carbons (Fsp3) is 0.706. The van der Waals surface area contributed by atoms with E-state index in [1.165, 1.54) is 4.57 Å². The van der Waals surface area contributed by atoms with Crippen LogP contribution in [0.2, 0.25) is 0 Å². The molecule has 0 spiro atoms. The van der Waals surface area contributed by atoms with Crippen molar-refractivity contribution in [1.29, 1.82) is 0 Å². The van der Waals surface area contributed by atoms with Crippen LogP contribution in [-0.4, -0.2) is 22.1 Å². The molecule has 0 saturated heterocycles. The summed E-state index contributed by atoms with van der Waals surface area (Å²) in [7, 11) is 0. The lowest BCUT2D eigenvalue weighted by Crippen LogP contribution is -2.43. The van der Waals surface area contributed by atoms with Crippen molar-refractivity contribution in [1.82, 2.24) is 9.55 Å². The highest BCUT2D eigenvalue weighted by Gasteiger charge is 2.47. The van der Waals surface area contributed by atoms with Gasteiger partial charge >= 0.3 is 5.97 Å². The standard InChI is InChI=1S/C17H25FN2O3S/c1-12-7-8-17(12,2)15(22)23-10-6-4-3-5-9-20-14(21)13(18)11-19-16(20)24/h11-12H,3-10H2,1-2H3,(H,19,24). The molecule has 5 nitrogen and oxygen atoms in total. The van der Waals surface area contributed by atoms with Crippen LogP contribution in [0.15, 0.2) is 11.0 Å². The van der Waals surface area contributed by atoms with E-state index in [0.29, 0.717) is 19.1 Å². The average molecular weight is 356 g/mol. The summed E-state index contributed by atoms with van der Waals surface area (Å²) in [5.41, 5.74) is -0.981. The summed E-state index contributed by atoms with van der Waals surface area (Å²) in [6, 6.07) is 0. The van der Waals surface area contributed by atoms with Gasteiger partial charge < -0.3 is 9.72 Å². The number of hydrogen-bond acceptors (Lipinski definition) is 4. The molecule has 2 atom stereocenters. The van der Waals surface area contributed by atoms with E-state index in [2.05, 4.69) is 11.9 Å². The van der Waals surface area contributed by atoms with E-state index in [0.717, 1.165) is 44.7 Å². The van der Waals surface area contributed by atoms with Crippen LogP contribution in [0.1, 0.15) is 52.4 Å². The zero-order chi connectivity index (χ0) is 17.7. The molecule has 7 heteroatoms. The van der Waals surface area contributed by atoms with E-state index in [1.807, 2.05) is 6.92 Å². The molecule has 1 heterocycles. The fourth-order valence-corrected chi connectivity index (χ4v) is 3.15. The SMILES string of the molecule is CC1CCC1(C)C(=O)OCCCCCCn1c(=S)[nH]cc(F)c1=O. The highest BCUT2D eigenvalue weighted by molar-refractivity contribution is 7.71. The second-order valence-electron chi connectivity index (χ2n) is 6.81. The number of unbranched alkanes of at least 4 members (excludes halogenated alkanes) is 3. The normalized spacial score (nSPS) is 22.9. The average Bonchev–Trinajstić information content (AvgIpc) is 2.57. The zero-order valence-electron chi connectivity index (χ0n) is 14.3. The number of carbonyl (C=O) groups is 1. The van der Waals surface area contributed by atoms with Crippen LogP contribution in [0.25, 0.3) is 0 Å². The fourth-order valence-electron chi connectivity index (χ4n) is 2.91. The first-order valence-corrected chi connectivity index (χ1v) is 8.92. The number of aromatic amines is 1. The maximum atomic E-state index is 13.2. The number of H-pyrrole nitrogens is 1. The van der Waals surface area contributed by atoms with Crippen molar-refractivity contribution in [3.63, 3.8) is 0 Å². The number of ether oxygens (including phenoxy) is 1. The van der Waals surface area contributed by atoms with Crippen LogP contribution in [0.5, 0.6) is 0 Å². The lowest BCUT2D eigenvalue weighted by atomic mass is 9.62. The number of carbonyl (C=O) groups excluding carboxylic acids is 1. The van der Waals surface area contributed by atoms with Gasteiger partial charge in [-0.1, -0.05) is 13.3 Å². The van der Waals surface area contributed by atoms with Crippen molar-refractivity contribution in [2.24, 2.45) is 11.3 Å². The first kappa shape index (κ1) is 18.8. The largest absolute Gasteiger partial charge is 0.465 e. The maximum absolute atomic E-state index is 13.2. The number of halogens is 1. The van der Waals surface area contributed by atoms with Gasteiger partial charge in [-0.15, -0.1) is 0 Å². The number of esters is 1. The van der Waals surface area contributed by atoms with Crippen LogP contribution in [0.4, 0.5) is 4.39 Å². The van der Waals surface area contributed by atoms with Crippen LogP contribution >= 0.6 is 12.2 Å². The summed E-state index contributed by atoms with van der Waals surface area (Å²) in [5.74, 6) is -0.507. The Bertz CT molecular complexity index is 700. The van der Waals surface area contributed by atoms with E-state index in [1.54, 1.807) is 0 Å². The van der Waals surface area contributed by atoms with Gasteiger partial charge in [-0.2, -0.15) is 4.39 Å². The molecule has 0 aliphatic heterocycles. The monoisotopic (exact) mass is 356 g/mol. The number of nitrogens with one attached hydrogen (secondary N) is 1. The summed E-state index contributed by atoms with van der Waals surface area (Å²) in [4.78, 5) is 26.2. The summed E-state index contributed by atoms with van der Waals surface area (Å²) in [5, 5.41) is 0. The minimum atomic E-state index is -0.825. The van der Waals surface area contributed by atoms with Crippen LogP contribution in [0, 0.1) is 21.9 Å². The van der Waals surface area contributed by atoms with Gasteiger partial charge in [-0.25, -0.2) is 0 Å². The zero-order valence-corrected chi connectivity index (χ0v) is 15.1. The summed E-state index contributed by atoms with van der Waals surface area (Å²) in [6.45, 7) is 4.88. The lowest BCUT2D eigenvalue weighted by Gasteiger charge is -2.42. The number of rotatable bonds is 8.